The van der Waals surface area contributed by atoms with Crippen LogP contribution in [0.3, 0.4) is 0 Å². The molecule has 1 heterocycles. The Morgan fingerprint density at radius 1 is 1.27 bits per heavy atom. The summed E-state index contributed by atoms with van der Waals surface area (Å²) in [5, 5.41) is 0. The Balaban J connectivity index is 3.35. The smallest absolute Gasteiger partial charge is 0.239 e. The molecule has 1 aromatic heterocycles. The van der Waals surface area contributed by atoms with Crippen LogP contribution in [-0.2, 0) is 0 Å². The van der Waals surface area contributed by atoms with Gasteiger partial charge in [-0.2, -0.15) is 0 Å². The molecule has 0 unspecified atom stereocenters. The summed E-state index contributed by atoms with van der Waals surface area (Å²) < 4.78 is 2.20. The summed E-state index contributed by atoms with van der Waals surface area (Å²) in [5.74, 6) is 0. The summed E-state index contributed by atoms with van der Waals surface area (Å²) >= 11 is 0. The lowest BCUT2D eigenvalue weighted by molar-refractivity contribution is 1.18. The number of nitrogens with zero attached hydrogens (tertiary/aromatic N) is 1. The van der Waals surface area contributed by atoms with Gasteiger partial charge in [-0.25, -0.2) is 0 Å². The van der Waals surface area contributed by atoms with Crippen LogP contribution in [0.4, 0.5) is 0 Å². The maximum Gasteiger partial charge on any atom is 0.239 e. The van der Waals surface area contributed by atoms with E-state index in [1.54, 1.807) is 6.08 Å². The van der Waals surface area contributed by atoms with Gasteiger partial charge in [0.15, 0.2) is 0 Å². The monoisotopic (exact) mass is 197 g/mol. The first-order valence-corrected chi connectivity index (χ1v) is 5.06. The minimum Gasteiger partial charge on any atom is -0.390 e. The summed E-state index contributed by atoms with van der Waals surface area (Å²) in [6, 6.07) is 2.09. The van der Waals surface area contributed by atoms with Crippen molar-refractivity contribution in [2.75, 3.05) is 0 Å². The Kier molecular flexibility index (Phi) is 3.98. The second-order valence-corrected chi connectivity index (χ2v) is 3.16. The molecular formula is C13H16BN. The fourth-order valence-electron chi connectivity index (χ4n) is 1.64. The molecule has 0 aliphatic rings. The lowest BCUT2D eigenvalue weighted by Crippen LogP contribution is -2.05. The average molecular weight is 197 g/mol. The molecule has 0 aromatic carbocycles. The molecule has 0 aliphatic carbocycles. The van der Waals surface area contributed by atoms with E-state index in [9.17, 15) is 0 Å². The van der Waals surface area contributed by atoms with E-state index in [4.69, 9.17) is 0 Å². The van der Waals surface area contributed by atoms with Crippen LogP contribution in [0.15, 0.2) is 38.0 Å². The molecule has 76 valence electrons. The van der Waals surface area contributed by atoms with E-state index in [2.05, 4.69) is 37.1 Å². The van der Waals surface area contributed by atoms with Crippen LogP contribution in [0.5, 0.6) is 0 Å². The number of hydrogen-bond donors (Lipinski definition) is 0. The van der Waals surface area contributed by atoms with Gasteiger partial charge < -0.3 is 4.48 Å². The zero-order chi connectivity index (χ0) is 11.3. The largest absolute Gasteiger partial charge is 0.390 e. The number of hydrogen-bond acceptors (Lipinski definition) is 0. The van der Waals surface area contributed by atoms with Crippen molar-refractivity contribution in [3.8, 4) is 0 Å². The van der Waals surface area contributed by atoms with Crippen LogP contribution in [0.25, 0.3) is 18.2 Å². The summed E-state index contributed by atoms with van der Waals surface area (Å²) in [6.07, 6.45) is 9.47. The third kappa shape index (κ3) is 2.21. The number of rotatable bonds is 5. The SMILES string of the molecule is C=C/C=C\c1c(C=C)cc(C=C)n1BC. The molecule has 0 atom stereocenters. The highest BCUT2D eigenvalue weighted by atomic mass is 14.9. The Morgan fingerprint density at radius 3 is 2.47 bits per heavy atom. The number of allylic oxidation sites excluding steroid dienone is 2. The van der Waals surface area contributed by atoms with Crippen molar-refractivity contribution in [1.82, 2.24) is 4.48 Å². The fraction of sp³-hybridized carbons (Fsp3) is 0.0769. The molecule has 0 fully saturated rings. The lowest BCUT2D eigenvalue weighted by Gasteiger charge is -2.05. The standard InChI is InChI=1S/C13H16BN/c1-5-8-9-13-11(6-2)10-12(7-3)15(13)14-4/h5-10,14H,1-3H2,4H3/b9-8-. The second-order valence-electron chi connectivity index (χ2n) is 3.16. The summed E-state index contributed by atoms with van der Waals surface area (Å²) in [4.78, 5) is 0. The first-order chi connectivity index (χ1) is 7.28. The Morgan fingerprint density at radius 2 is 2.00 bits per heavy atom. The number of aromatic nitrogens is 1. The minimum atomic E-state index is 0.923. The molecule has 0 spiro atoms. The molecule has 0 saturated carbocycles. The molecule has 0 radical (unpaired) electrons. The van der Waals surface area contributed by atoms with Crippen LogP contribution in [0.1, 0.15) is 17.0 Å². The first-order valence-electron chi connectivity index (χ1n) is 5.06. The van der Waals surface area contributed by atoms with Crippen molar-refractivity contribution in [2.24, 2.45) is 0 Å². The van der Waals surface area contributed by atoms with E-state index in [0.29, 0.717) is 0 Å². The van der Waals surface area contributed by atoms with E-state index >= 15 is 0 Å². The summed E-state index contributed by atoms with van der Waals surface area (Å²) in [6.45, 7) is 13.4. The molecule has 1 nitrogen and oxygen atoms in total. The van der Waals surface area contributed by atoms with Gasteiger partial charge in [-0.05, 0) is 23.8 Å². The highest BCUT2D eigenvalue weighted by molar-refractivity contribution is 6.32. The molecular weight excluding hydrogens is 181 g/mol. The van der Waals surface area contributed by atoms with Crippen molar-refractivity contribution in [3.05, 3.63) is 54.9 Å². The van der Waals surface area contributed by atoms with Gasteiger partial charge in [-0.1, -0.05) is 44.8 Å². The van der Waals surface area contributed by atoms with E-state index < -0.39 is 0 Å². The van der Waals surface area contributed by atoms with E-state index in [-0.39, 0.29) is 0 Å². The Bertz CT molecular complexity index is 410. The van der Waals surface area contributed by atoms with Crippen molar-refractivity contribution in [1.29, 1.82) is 0 Å². The molecule has 0 amide bonds. The van der Waals surface area contributed by atoms with E-state index in [0.717, 1.165) is 24.4 Å². The molecule has 1 rings (SSSR count). The highest BCUT2D eigenvalue weighted by Gasteiger charge is 2.07. The lowest BCUT2D eigenvalue weighted by atomic mass is 9.98. The third-order valence-electron chi connectivity index (χ3n) is 2.34. The fourth-order valence-corrected chi connectivity index (χ4v) is 1.64. The van der Waals surface area contributed by atoms with Crippen molar-refractivity contribution >= 4 is 25.6 Å². The molecule has 15 heavy (non-hydrogen) atoms. The summed E-state index contributed by atoms with van der Waals surface area (Å²) in [7, 11) is 0.923. The van der Waals surface area contributed by atoms with Gasteiger partial charge in [-0.15, -0.1) is 0 Å². The normalized spacial score (nSPS) is 10.2. The van der Waals surface area contributed by atoms with Gasteiger partial charge in [0, 0.05) is 11.4 Å². The van der Waals surface area contributed by atoms with Gasteiger partial charge in [0.2, 0.25) is 7.41 Å². The molecule has 2 heteroatoms. The zero-order valence-corrected chi connectivity index (χ0v) is 9.24. The van der Waals surface area contributed by atoms with Gasteiger partial charge >= 0.3 is 0 Å². The van der Waals surface area contributed by atoms with Crippen LogP contribution in [-0.4, -0.2) is 11.9 Å². The predicted molar refractivity (Wildman–Crippen MR) is 72.3 cm³/mol. The second kappa shape index (κ2) is 5.25. The molecule has 0 saturated heterocycles. The van der Waals surface area contributed by atoms with Crippen molar-refractivity contribution < 1.29 is 0 Å². The first kappa shape index (κ1) is 11.4. The van der Waals surface area contributed by atoms with Crippen LogP contribution >= 0.6 is 0 Å². The Hall–Kier alpha value is -1.70. The van der Waals surface area contributed by atoms with Gasteiger partial charge in [0.1, 0.15) is 0 Å². The quantitative estimate of drug-likeness (QED) is 0.504. The maximum absolute atomic E-state index is 3.82. The summed E-state index contributed by atoms with van der Waals surface area (Å²) in [5.41, 5.74) is 3.41. The van der Waals surface area contributed by atoms with Gasteiger partial charge in [0.25, 0.3) is 0 Å². The van der Waals surface area contributed by atoms with Crippen LogP contribution < -0.4 is 0 Å². The van der Waals surface area contributed by atoms with E-state index in [1.165, 1.54) is 0 Å². The zero-order valence-electron chi connectivity index (χ0n) is 9.24. The highest BCUT2D eigenvalue weighted by Crippen LogP contribution is 2.19. The third-order valence-corrected chi connectivity index (χ3v) is 2.34. The van der Waals surface area contributed by atoms with Gasteiger partial charge in [0.05, 0.1) is 0 Å². The predicted octanol–water partition coefficient (Wildman–Crippen LogP) is 3.22. The molecule has 0 N–H and O–H groups in total. The van der Waals surface area contributed by atoms with E-state index in [1.807, 2.05) is 24.3 Å². The molecule has 0 aliphatic heterocycles. The van der Waals surface area contributed by atoms with Gasteiger partial charge in [-0.3, -0.25) is 0 Å². The molecule has 1 aromatic rings. The van der Waals surface area contributed by atoms with Crippen molar-refractivity contribution in [3.63, 3.8) is 0 Å². The minimum absolute atomic E-state index is 0.923. The maximum atomic E-state index is 3.82. The Labute approximate surface area is 92.4 Å². The van der Waals surface area contributed by atoms with Crippen LogP contribution in [0.2, 0.25) is 6.82 Å². The molecule has 0 bridgehead atoms. The topological polar surface area (TPSA) is 4.93 Å². The average Bonchev–Trinajstić information content (AvgIpc) is 2.62. The van der Waals surface area contributed by atoms with Crippen molar-refractivity contribution in [2.45, 2.75) is 6.82 Å². The van der Waals surface area contributed by atoms with Crippen LogP contribution in [0, 0.1) is 0 Å².